The average Bonchev–Trinajstić information content (AvgIpc) is 2.30. The molecule has 1 unspecified atom stereocenters. The summed E-state index contributed by atoms with van der Waals surface area (Å²) in [5.74, 6) is 1.67. The van der Waals surface area contributed by atoms with Crippen LogP contribution < -0.4 is 5.32 Å². The number of hydrogen-bond acceptors (Lipinski definition) is 2. The second-order valence-electron chi connectivity index (χ2n) is 3.57. The van der Waals surface area contributed by atoms with Crippen LogP contribution in [0.5, 0.6) is 0 Å². The SMILES string of the molecule is C#Cc1c(F)cc(C2CNCCS2)cc1F. The summed E-state index contributed by atoms with van der Waals surface area (Å²) in [6.45, 7) is 1.67. The van der Waals surface area contributed by atoms with Crippen molar-refractivity contribution in [3.8, 4) is 12.3 Å². The molecule has 1 aliphatic heterocycles. The molecule has 0 spiro atoms. The highest BCUT2D eigenvalue weighted by atomic mass is 32.2. The van der Waals surface area contributed by atoms with E-state index in [0.717, 1.165) is 18.8 Å². The molecule has 0 aromatic heterocycles. The fourth-order valence-corrected chi connectivity index (χ4v) is 2.81. The van der Waals surface area contributed by atoms with Crippen molar-refractivity contribution in [2.24, 2.45) is 0 Å². The van der Waals surface area contributed by atoms with Crippen LogP contribution in [0, 0.1) is 24.0 Å². The van der Waals surface area contributed by atoms with Crippen molar-refractivity contribution in [2.45, 2.75) is 5.25 Å². The first-order valence-electron chi connectivity index (χ1n) is 5.00. The highest BCUT2D eigenvalue weighted by Crippen LogP contribution is 2.31. The molecule has 0 bridgehead atoms. The first-order valence-corrected chi connectivity index (χ1v) is 6.05. The van der Waals surface area contributed by atoms with E-state index in [2.05, 4.69) is 5.32 Å². The van der Waals surface area contributed by atoms with Crippen molar-refractivity contribution in [1.82, 2.24) is 5.32 Å². The van der Waals surface area contributed by atoms with Crippen LogP contribution in [-0.2, 0) is 0 Å². The van der Waals surface area contributed by atoms with Gasteiger partial charge < -0.3 is 5.32 Å². The van der Waals surface area contributed by atoms with Gasteiger partial charge in [0.25, 0.3) is 0 Å². The Labute approximate surface area is 97.6 Å². The Morgan fingerprint density at radius 2 is 2.06 bits per heavy atom. The molecular formula is C12H11F2NS. The van der Waals surface area contributed by atoms with Gasteiger partial charge in [0, 0.05) is 24.1 Å². The van der Waals surface area contributed by atoms with Crippen LogP contribution in [0.15, 0.2) is 12.1 Å². The summed E-state index contributed by atoms with van der Waals surface area (Å²) in [6, 6.07) is 2.67. The zero-order chi connectivity index (χ0) is 11.5. The van der Waals surface area contributed by atoms with E-state index in [4.69, 9.17) is 6.42 Å². The zero-order valence-electron chi connectivity index (χ0n) is 8.59. The predicted octanol–water partition coefficient (Wildman–Crippen LogP) is 2.32. The third kappa shape index (κ3) is 2.21. The normalized spacial score (nSPS) is 20.4. The van der Waals surface area contributed by atoms with Gasteiger partial charge in [-0.2, -0.15) is 11.8 Å². The maximum atomic E-state index is 13.5. The van der Waals surface area contributed by atoms with Crippen molar-refractivity contribution >= 4 is 11.8 Å². The molecule has 4 heteroatoms. The minimum Gasteiger partial charge on any atom is -0.314 e. The van der Waals surface area contributed by atoms with Gasteiger partial charge in [-0.1, -0.05) is 5.92 Å². The number of rotatable bonds is 1. The molecule has 1 saturated heterocycles. The molecule has 0 radical (unpaired) electrons. The Morgan fingerprint density at radius 3 is 2.56 bits per heavy atom. The molecule has 1 aromatic rings. The second-order valence-corrected chi connectivity index (χ2v) is 4.88. The number of hydrogen-bond donors (Lipinski definition) is 1. The van der Waals surface area contributed by atoms with Gasteiger partial charge in [-0.25, -0.2) is 8.78 Å². The van der Waals surface area contributed by atoms with Crippen LogP contribution >= 0.6 is 11.8 Å². The van der Waals surface area contributed by atoms with E-state index in [9.17, 15) is 8.78 Å². The summed E-state index contributed by atoms with van der Waals surface area (Å²) in [6.07, 6.45) is 5.03. The van der Waals surface area contributed by atoms with Crippen molar-refractivity contribution < 1.29 is 8.78 Å². The quantitative estimate of drug-likeness (QED) is 0.755. The van der Waals surface area contributed by atoms with E-state index in [1.807, 2.05) is 5.92 Å². The summed E-state index contributed by atoms with van der Waals surface area (Å²) >= 11 is 1.70. The fourth-order valence-electron chi connectivity index (χ4n) is 1.70. The fraction of sp³-hybridized carbons (Fsp3) is 0.333. The Bertz CT molecular complexity index is 410. The van der Waals surface area contributed by atoms with Crippen LogP contribution in [-0.4, -0.2) is 18.8 Å². The van der Waals surface area contributed by atoms with E-state index in [0.29, 0.717) is 5.56 Å². The molecule has 1 heterocycles. The molecule has 0 saturated carbocycles. The lowest BCUT2D eigenvalue weighted by Gasteiger charge is -2.23. The molecule has 1 fully saturated rings. The number of thioether (sulfide) groups is 1. The number of nitrogens with one attached hydrogen (secondary N) is 1. The van der Waals surface area contributed by atoms with E-state index in [1.54, 1.807) is 11.8 Å². The molecule has 1 aromatic carbocycles. The summed E-state index contributed by atoms with van der Waals surface area (Å²) in [4.78, 5) is 0. The molecular weight excluding hydrogens is 228 g/mol. The Balaban J connectivity index is 2.32. The Morgan fingerprint density at radius 1 is 1.38 bits per heavy atom. The average molecular weight is 239 g/mol. The molecule has 16 heavy (non-hydrogen) atoms. The molecule has 1 atom stereocenters. The van der Waals surface area contributed by atoms with Crippen LogP contribution in [0.2, 0.25) is 0 Å². The predicted molar refractivity (Wildman–Crippen MR) is 62.4 cm³/mol. The summed E-state index contributed by atoms with van der Waals surface area (Å²) in [5, 5.41) is 3.30. The maximum absolute atomic E-state index is 13.5. The highest BCUT2D eigenvalue weighted by Gasteiger charge is 2.19. The van der Waals surface area contributed by atoms with E-state index in [-0.39, 0.29) is 10.8 Å². The maximum Gasteiger partial charge on any atom is 0.142 e. The summed E-state index contributed by atoms with van der Waals surface area (Å²) < 4.78 is 26.9. The third-order valence-electron chi connectivity index (χ3n) is 2.51. The van der Waals surface area contributed by atoms with E-state index in [1.165, 1.54) is 12.1 Å². The summed E-state index contributed by atoms with van der Waals surface area (Å²) in [5.41, 5.74) is 0.378. The summed E-state index contributed by atoms with van der Waals surface area (Å²) in [7, 11) is 0. The largest absolute Gasteiger partial charge is 0.314 e. The van der Waals surface area contributed by atoms with Gasteiger partial charge in [-0.3, -0.25) is 0 Å². The highest BCUT2D eigenvalue weighted by molar-refractivity contribution is 7.99. The van der Waals surface area contributed by atoms with Gasteiger partial charge in [-0.05, 0) is 17.7 Å². The van der Waals surface area contributed by atoms with Crippen LogP contribution in [0.1, 0.15) is 16.4 Å². The van der Waals surface area contributed by atoms with Crippen molar-refractivity contribution in [3.05, 3.63) is 34.9 Å². The lowest BCUT2D eigenvalue weighted by atomic mass is 10.1. The topological polar surface area (TPSA) is 12.0 Å². The lowest BCUT2D eigenvalue weighted by molar-refractivity contribution is 0.571. The molecule has 1 aliphatic rings. The van der Waals surface area contributed by atoms with E-state index >= 15 is 0 Å². The minimum atomic E-state index is -0.649. The molecule has 1 nitrogen and oxygen atoms in total. The number of benzene rings is 1. The van der Waals surface area contributed by atoms with Gasteiger partial charge in [-0.15, -0.1) is 6.42 Å². The van der Waals surface area contributed by atoms with Crippen LogP contribution in [0.25, 0.3) is 0 Å². The monoisotopic (exact) mass is 239 g/mol. The first kappa shape index (κ1) is 11.4. The van der Waals surface area contributed by atoms with Crippen molar-refractivity contribution in [3.63, 3.8) is 0 Å². The first-order chi connectivity index (χ1) is 7.72. The Kier molecular flexibility index (Phi) is 3.47. The van der Waals surface area contributed by atoms with Crippen molar-refractivity contribution in [2.75, 3.05) is 18.8 Å². The number of halogens is 2. The Hall–Kier alpha value is -1.05. The molecule has 2 rings (SSSR count). The standard InChI is InChI=1S/C12H11F2NS/c1-2-9-10(13)5-8(6-11(9)14)12-7-15-3-4-16-12/h1,5-6,12,15H,3-4,7H2. The molecule has 0 amide bonds. The third-order valence-corrected chi connectivity index (χ3v) is 3.79. The van der Waals surface area contributed by atoms with Crippen LogP contribution in [0.3, 0.4) is 0 Å². The van der Waals surface area contributed by atoms with Gasteiger partial charge >= 0.3 is 0 Å². The van der Waals surface area contributed by atoms with Crippen molar-refractivity contribution in [1.29, 1.82) is 0 Å². The lowest BCUT2D eigenvalue weighted by Crippen LogP contribution is -2.28. The zero-order valence-corrected chi connectivity index (χ0v) is 9.41. The molecule has 0 aliphatic carbocycles. The second kappa shape index (κ2) is 4.86. The minimum absolute atomic E-state index is 0.101. The van der Waals surface area contributed by atoms with Gasteiger partial charge in [0.15, 0.2) is 0 Å². The van der Waals surface area contributed by atoms with Crippen LogP contribution in [0.4, 0.5) is 8.78 Å². The van der Waals surface area contributed by atoms with Gasteiger partial charge in [0.2, 0.25) is 0 Å². The van der Waals surface area contributed by atoms with Gasteiger partial charge in [0.1, 0.15) is 11.6 Å². The van der Waals surface area contributed by atoms with Gasteiger partial charge in [0.05, 0.1) is 5.56 Å². The smallest absolute Gasteiger partial charge is 0.142 e. The number of terminal acetylenes is 1. The molecule has 1 N–H and O–H groups in total. The van der Waals surface area contributed by atoms with E-state index < -0.39 is 11.6 Å². The molecule has 84 valence electrons.